The molecule has 0 fully saturated rings. The minimum Gasteiger partial charge on any atom is -0.691 e. The zero-order valence-electron chi connectivity index (χ0n) is 42.4. The summed E-state index contributed by atoms with van der Waals surface area (Å²) in [6.45, 7) is 5.21. The van der Waals surface area contributed by atoms with Crippen molar-refractivity contribution in [1.29, 1.82) is 0 Å². The van der Waals surface area contributed by atoms with Gasteiger partial charge >= 0.3 is 0 Å². The molecule has 3 aliphatic rings. The maximum atomic E-state index is 13.6. The predicted molar refractivity (Wildman–Crippen MR) is 281 cm³/mol. The van der Waals surface area contributed by atoms with Crippen LogP contribution in [0.15, 0.2) is 108 Å². The second kappa shape index (κ2) is 25.2. The Morgan fingerprint density at radius 2 is 1.38 bits per heavy atom. The van der Waals surface area contributed by atoms with Crippen LogP contribution in [0.4, 0.5) is 11.4 Å². The maximum absolute atomic E-state index is 13.6. The van der Waals surface area contributed by atoms with E-state index >= 15 is 0 Å². The van der Waals surface area contributed by atoms with E-state index in [1.54, 1.807) is 24.3 Å². The molecule has 0 spiro atoms. The largest absolute Gasteiger partial charge is 0.691 e. The Morgan fingerprint density at radius 1 is 0.770 bits per heavy atom. The van der Waals surface area contributed by atoms with Crippen LogP contribution in [0.2, 0.25) is 0 Å². The number of allylic oxidation sites excluding steroid dienone is 8. The molecular weight excluding hydrogens is 993 g/mol. The SMILES string of the molecule is CC1(C)C(/C=C/C2=C(c3ccccc3)C(=C/C=C3/N(CCCCSOO[O-])c4ccc(C(=O)NC(CO)(CO)CO)cc4C3(C)C)/CCC2)=[N+](CCCCS(=O)(=O)O)c2ccc(C(=O)NC(CO)(CO)CO)cc21. The standard InChI is InChI=1S/C54H70N4O14S2/c1-51(2)42-29-40(49(65)55-53(31-59,32-60)33-61)17-21-44(42)57(25-8-10-27-73-72-71-67)46(51)23-19-38-15-12-16-39(48(38)37-13-6-5-7-14-37)20-24-47-52(3,4)43-30-41(50(66)56-54(34-62,35-63)36-64)18-22-45(43)58(47)26-9-11-28-74(68,69)70/h5-7,13-14,17-24,29-30,59-64H,8-12,15-16,25-28,31-36H2,1-4H3,(H3-,55,56,65,66,67,68,69,70). The number of carbonyl (C=O) groups is 2. The molecule has 2 aliphatic heterocycles. The molecular formula is C54H70N4O14S2. The van der Waals surface area contributed by atoms with E-state index in [0.717, 1.165) is 93.9 Å². The van der Waals surface area contributed by atoms with E-state index < -0.39 is 89.2 Å². The highest BCUT2D eigenvalue weighted by Gasteiger charge is 2.45. The predicted octanol–water partition coefficient (Wildman–Crippen LogP) is 4.08. The second-order valence-electron chi connectivity index (χ2n) is 20.2. The Balaban J connectivity index is 1.43. The third kappa shape index (κ3) is 13.1. The van der Waals surface area contributed by atoms with E-state index in [2.05, 4.69) is 79.8 Å². The van der Waals surface area contributed by atoms with Gasteiger partial charge in [-0.2, -0.15) is 17.3 Å². The number of benzene rings is 3. The van der Waals surface area contributed by atoms with Gasteiger partial charge in [-0.3, -0.25) is 19.2 Å². The van der Waals surface area contributed by atoms with Crippen LogP contribution in [0.25, 0.3) is 5.57 Å². The molecule has 1 aliphatic carbocycles. The molecule has 0 aromatic heterocycles. The number of nitrogens with one attached hydrogen (secondary N) is 2. The summed E-state index contributed by atoms with van der Waals surface area (Å²) in [4.78, 5) is 29.4. The van der Waals surface area contributed by atoms with Crippen LogP contribution < -0.4 is 20.8 Å². The number of anilines is 1. The number of unbranched alkanes of at least 4 members (excludes halogenated alkanes) is 2. The van der Waals surface area contributed by atoms with Crippen LogP contribution in [-0.4, -0.2) is 141 Å². The van der Waals surface area contributed by atoms with Gasteiger partial charge in [0.1, 0.15) is 17.6 Å². The third-order valence-corrected chi connectivity index (χ3v) is 15.7. The molecule has 2 amide bonds. The number of rotatable bonds is 26. The van der Waals surface area contributed by atoms with Crippen molar-refractivity contribution in [2.24, 2.45) is 0 Å². The number of fused-ring (bicyclic) bond motifs is 2. The Morgan fingerprint density at radius 3 is 1.97 bits per heavy atom. The van der Waals surface area contributed by atoms with Crippen LogP contribution in [-0.2, 0) is 30.3 Å². The Hall–Kier alpha value is -5.07. The molecule has 74 heavy (non-hydrogen) atoms. The summed E-state index contributed by atoms with van der Waals surface area (Å²) >= 11 is 0.929. The highest BCUT2D eigenvalue weighted by molar-refractivity contribution is 7.94. The molecule has 3 aromatic rings. The van der Waals surface area contributed by atoms with Gasteiger partial charge in [0.25, 0.3) is 21.9 Å². The van der Waals surface area contributed by atoms with Gasteiger partial charge in [-0.15, -0.1) is 0 Å². The van der Waals surface area contributed by atoms with Gasteiger partial charge < -0.3 is 51.4 Å². The highest BCUT2D eigenvalue weighted by atomic mass is 32.2. The number of carbonyl (C=O) groups excluding carboxylic acids is 2. The van der Waals surface area contributed by atoms with Crippen molar-refractivity contribution in [2.75, 3.05) is 69.1 Å². The molecule has 0 unspecified atom stereocenters. The van der Waals surface area contributed by atoms with E-state index in [0.29, 0.717) is 37.2 Å². The lowest BCUT2D eigenvalue weighted by Crippen LogP contribution is -2.57. The van der Waals surface area contributed by atoms with E-state index in [1.807, 2.05) is 44.2 Å². The van der Waals surface area contributed by atoms with Gasteiger partial charge in [0.05, 0.1) is 50.8 Å². The molecule has 6 rings (SSSR count). The molecule has 20 heteroatoms. The molecule has 0 saturated heterocycles. The number of hydrogen-bond donors (Lipinski definition) is 9. The highest BCUT2D eigenvalue weighted by Crippen LogP contribution is 2.49. The number of aliphatic hydroxyl groups is 6. The summed E-state index contributed by atoms with van der Waals surface area (Å²) in [6.07, 6.45) is 13.0. The number of hydrogen-bond acceptors (Lipinski definition) is 15. The molecule has 9 N–H and O–H groups in total. The van der Waals surface area contributed by atoms with Crippen molar-refractivity contribution in [3.8, 4) is 0 Å². The van der Waals surface area contributed by atoms with Crippen LogP contribution in [0, 0.1) is 0 Å². The first-order valence-electron chi connectivity index (χ1n) is 24.7. The summed E-state index contributed by atoms with van der Waals surface area (Å²) in [7, 11) is -4.18. The fourth-order valence-electron chi connectivity index (χ4n) is 9.91. The summed E-state index contributed by atoms with van der Waals surface area (Å²) in [5, 5.41) is 78.6. The van der Waals surface area contributed by atoms with Crippen LogP contribution in [0.1, 0.15) is 110 Å². The lowest BCUT2D eigenvalue weighted by Gasteiger charge is -2.29. The molecule has 2 heterocycles. The smallest absolute Gasteiger partial charge is 0.264 e. The van der Waals surface area contributed by atoms with Gasteiger partial charge in [0.15, 0.2) is 5.71 Å². The van der Waals surface area contributed by atoms with E-state index in [9.17, 15) is 58.5 Å². The first kappa shape index (κ1) is 58.2. The van der Waals surface area contributed by atoms with Gasteiger partial charge in [-0.05, 0) is 117 Å². The van der Waals surface area contributed by atoms with Gasteiger partial charge in [-0.25, -0.2) is 0 Å². The number of amides is 2. The Labute approximate surface area is 437 Å². The summed E-state index contributed by atoms with van der Waals surface area (Å²) < 4.78 is 39.5. The summed E-state index contributed by atoms with van der Waals surface area (Å²) in [5.74, 6) is -1.02. The first-order valence-corrected chi connectivity index (χ1v) is 27.2. The monoisotopic (exact) mass is 1060 g/mol. The van der Waals surface area contributed by atoms with E-state index in [4.69, 9.17) is 0 Å². The fraction of sp³-hybridized carbons (Fsp3) is 0.463. The minimum atomic E-state index is -4.18. The fourth-order valence-corrected chi connectivity index (χ4v) is 10.9. The number of aliphatic hydroxyl groups excluding tert-OH is 6. The maximum Gasteiger partial charge on any atom is 0.264 e. The minimum absolute atomic E-state index is 0.212. The molecule has 0 bridgehead atoms. The molecule has 3 aromatic carbocycles. The molecule has 0 radical (unpaired) electrons. The van der Waals surface area contributed by atoms with Crippen molar-refractivity contribution in [1.82, 2.24) is 10.6 Å². The van der Waals surface area contributed by atoms with Crippen LogP contribution >= 0.6 is 12.0 Å². The Kier molecular flexibility index (Phi) is 19.8. The van der Waals surface area contributed by atoms with Gasteiger partial charge in [0.2, 0.25) is 5.69 Å². The summed E-state index contributed by atoms with van der Waals surface area (Å²) in [5.41, 5.74) is 5.49. The normalized spacial score (nSPS) is 17.7. The lowest BCUT2D eigenvalue weighted by molar-refractivity contribution is -0.777. The van der Waals surface area contributed by atoms with Crippen LogP contribution in [0.3, 0.4) is 0 Å². The van der Waals surface area contributed by atoms with Crippen molar-refractivity contribution in [3.63, 3.8) is 0 Å². The van der Waals surface area contributed by atoms with E-state index in [1.165, 1.54) is 0 Å². The Bertz CT molecular complexity index is 2750. The quantitative estimate of drug-likeness (QED) is 0.0137. The van der Waals surface area contributed by atoms with Crippen molar-refractivity contribution in [2.45, 2.75) is 94.5 Å². The third-order valence-electron chi connectivity index (χ3n) is 14.3. The molecule has 18 nitrogen and oxygen atoms in total. The average molecular weight is 1060 g/mol. The van der Waals surface area contributed by atoms with Crippen LogP contribution in [0.5, 0.6) is 0 Å². The summed E-state index contributed by atoms with van der Waals surface area (Å²) in [6, 6.07) is 20.7. The molecule has 0 saturated carbocycles. The zero-order valence-corrected chi connectivity index (χ0v) is 44.0. The number of nitrogens with zero attached hydrogens (tertiary/aromatic N) is 2. The molecule has 402 valence electrons. The van der Waals surface area contributed by atoms with Gasteiger partial charge in [-0.1, -0.05) is 56.3 Å². The average Bonchev–Trinajstić information content (AvgIpc) is 3.74. The van der Waals surface area contributed by atoms with Gasteiger partial charge in [0, 0.05) is 76.4 Å². The molecule has 0 atom stereocenters. The van der Waals surface area contributed by atoms with Crippen molar-refractivity contribution < 1.29 is 72.4 Å². The van der Waals surface area contributed by atoms with E-state index in [-0.39, 0.29) is 12.0 Å². The first-order chi connectivity index (χ1) is 35.3. The zero-order chi connectivity index (χ0) is 53.9. The topological polar surface area (TPSA) is 282 Å². The van der Waals surface area contributed by atoms with Crippen molar-refractivity contribution >= 4 is 56.6 Å². The lowest BCUT2D eigenvalue weighted by atomic mass is 9.79. The van der Waals surface area contributed by atoms with Crippen molar-refractivity contribution in [3.05, 3.63) is 136 Å². The second-order valence-corrected chi connectivity index (χ2v) is 22.5.